The Morgan fingerprint density at radius 3 is 2.76 bits per heavy atom. The maximum atomic E-state index is 13.3. The van der Waals surface area contributed by atoms with Crippen LogP contribution in [0.25, 0.3) is 16.8 Å². The Labute approximate surface area is 215 Å². The minimum atomic E-state index is -0.628. The molecule has 6 rings (SSSR count). The number of fused-ring (bicyclic) bond motifs is 2. The van der Waals surface area contributed by atoms with Gasteiger partial charge in [-0.15, -0.1) is 0 Å². The zero-order chi connectivity index (χ0) is 25.7. The highest BCUT2D eigenvalue weighted by Crippen LogP contribution is 2.40. The summed E-state index contributed by atoms with van der Waals surface area (Å²) in [6, 6.07) is 5.95. The number of amides is 1. The molecule has 6 heterocycles. The molecule has 4 aromatic rings. The Morgan fingerprint density at radius 1 is 1.16 bits per heavy atom. The molecule has 1 atom stereocenters. The summed E-state index contributed by atoms with van der Waals surface area (Å²) in [5.74, 6) is 0.616. The molecule has 2 aliphatic heterocycles. The summed E-state index contributed by atoms with van der Waals surface area (Å²) in [6.45, 7) is 9.11. The molecule has 1 fully saturated rings. The van der Waals surface area contributed by atoms with Gasteiger partial charge >= 0.3 is 6.09 Å². The number of hydrogen-bond acceptors (Lipinski definition) is 7. The van der Waals surface area contributed by atoms with Crippen LogP contribution < -0.4 is 4.90 Å². The number of rotatable bonds is 3. The van der Waals surface area contributed by atoms with Crippen molar-refractivity contribution in [1.29, 1.82) is 0 Å². The van der Waals surface area contributed by atoms with Crippen molar-refractivity contribution in [2.75, 3.05) is 18.1 Å². The summed E-state index contributed by atoms with van der Waals surface area (Å²) in [5, 5.41) is 9.54. The Bertz CT molecular complexity index is 1460. The first-order chi connectivity index (χ1) is 17.8. The lowest BCUT2D eigenvalue weighted by Gasteiger charge is -2.28. The molecule has 2 aliphatic rings. The summed E-state index contributed by atoms with van der Waals surface area (Å²) in [7, 11) is 0. The molecule has 1 unspecified atom stereocenters. The quantitative estimate of drug-likeness (QED) is 0.402. The number of aryl methyl sites for hydroxylation is 1. The first-order valence-corrected chi connectivity index (χ1v) is 12.7. The van der Waals surface area contributed by atoms with Gasteiger partial charge in [0.05, 0.1) is 35.9 Å². The van der Waals surface area contributed by atoms with Crippen molar-refractivity contribution >= 4 is 17.6 Å². The zero-order valence-electron chi connectivity index (χ0n) is 21.6. The van der Waals surface area contributed by atoms with E-state index in [-0.39, 0.29) is 6.04 Å². The van der Waals surface area contributed by atoms with E-state index in [1.807, 2.05) is 61.3 Å². The van der Waals surface area contributed by atoms with Crippen LogP contribution in [0.1, 0.15) is 62.6 Å². The van der Waals surface area contributed by atoms with Crippen molar-refractivity contribution in [3.8, 4) is 11.1 Å². The van der Waals surface area contributed by atoms with Gasteiger partial charge in [-0.3, -0.25) is 9.58 Å². The van der Waals surface area contributed by atoms with Crippen LogP contribution >= 0.6 is 0 Å². The summed E-state index contributed by atoms with van der Waals surface area (Å²) in [6.07, 6.45) is 9.58. The van der Waals surface area contributed by atoms with E-state index < -0.39 is 11.7 Å². The monoisotopic (exact) mass is 501 g/mol. The third kappa shape index (κ3) is 4.35. The molecule has 0 bridgehead atoms. The number of pyridine rings is 1. The van der Waals surface area contributed by atoms with Gasteiger partial charge in [0.1, 0.15) is 11.4 Å². The lowest BCUT2D eigenvalue weighted by Crippen LogP contribution is -2.38. The molecule has 4 aromatic heterocycles. The smallest absolute Gasteiger partial charge is 0.416 e. The van der Waals surface area contributed by atoms with Gasteiger partial charge in [-0.05, 0) is 58.2 Å². The van der Waals surface area contributed by atoms with E-state index in [0.29, 0.717) is 23.9 Å². The van der Waals surface area contributed by atoms with Crippen LogP contribution in [0, 0.1) is 6.92 Å². The number of aromatic nitrogens is 6. The highest BCUT2D eigenvalue weighted by atomic mass is 16.6. The van der Waals surface area contributed by atoms with Gasteiger partial charge in [-0.25, -0.2) is 19.3 Å². The molecule has 0 radical (unpaired) electrons. The van der Waals surface area contributed by atoms with Crippen molar-refractivity contribution in [3.05, 3.63) is 59.9 Å². The fraction of sp³-hybridized carbons (Fsp3) is 0.444. The van der Waals surface area contributed by atoms with Crippen LogP contribution in [0.2, 0.25) is 0 Å². The lowest BCUT2D eigenvalue weighted by atomic mass is 10.1. The second kappa shape index (κ2) is 8.95. The number of ether oxygens (including phenoxy) is 2. The summed E-state index contributed by atoms with van der Waals surface area (Å²) >= 11 is 0. The normalized spacial score (nSPS) is 18.4. The third-order valence-electron chi connectivity index (χ3n) is 6.93. The van der Waals surface area contributed by atoms with Crippen molar-refractivity contribution in [2.24, 2.45) is 0 Å². The number of carbonyl (C=O) groups excluding carboxylic acids is 1. The predicted octanol–water partition coefficient (Wildman–Crippen LogP) is 4.69. The summed E-state index contributed by atoms with van der Waals surface area (Å²) in [4.78, 5) is 24.1. The van der Waals surface area contributed by atoms with Gasteiger partial charge < -0.3 is 9.47 Å². The molecule has 37 heavy (non-hydrogen) atoms. The highest BCUT2D eigenvalue weighted by molar-refractivity contribution is 5.90. The minimum Gasteiger partial charge on any atom is -0.443 e. The molecule has 0 spiro atoms. The van der Waals surface area contributed by atoms with Crippen molar-refractivity contribution < 1.29 is 14.3 Å². The third-order valence-corrected chi connectivity index (χ3v) is 6.93. The average Bonchev–Trinajstić information content (AvgIpc) is 3.59. The van der Waals surface area contributed by atoms with Crippen LogP contribution in [-0.4, -0.2) is 54.3 Å². The second-order valence-corrected chi connectivity index (χ2v) is 10.7. The largest absolute Gasteiger partial charge is 0.443 e. The Kier molecular flexibility index (Phi) is 5.71. The van der Waals surface area contributed by atoms with E-state index in [2.05, 4.69) is 21.3 Å². The Hall–Kier alpha value is -3.79. The maximum Gasteiger partial charge on any atom is 0.416 e. The predicted molar refractivity (Wildman–Crippen MR) is 137 cm³/mol. The van der Waals surface area contributed by atoms with Gasteiger partial charge in [-0.1, -0.05) is 6.07 Å². The van der Waals surface area contributed by atoms with E-state index in [4.69, 9.17) is 14.6 Å². The van der Waals surface area contributed by atoms with Gasteiger partial charge in [0.25, 0.3) is 0 Å². The lowest BCUT2D eigenvalue weighted by molar-refractivity contribution is 0.0567. The van der Waals surface area contributed by atoms with Crippen molar-refractivity contribution in [2.45, 2.75) is 64.6 Å². The van der Waals surface area contributed by atoms with Gasteiger partial charge in [0.2, 0.25) is 0 Å². The average molecular weight is 502 g/mol. The first kappa shape index (κ1) is 23.6. The fourth-order valence-electron chi connectivity index (χ4n) is 5.18. The second-order valence-electron chi connectivity index (χ2n) is 10.7. The van der Waals surface area contributed by atoms with Crippen LogP contribution in [-0.2, 0) is 15.9 Å². The number of hydrogen-bond donors (Lipinski definition) is 0. The van der Waals surface area contributed by atoms with Gasteiger partial charge in [0.15, 0.2) is 5.65 Å². The van der Waals surface area contributed by atoms with Crippen LogP contribution in [0.5, 0.6) is 0 Å². The van der Waals surface area contributed by atoms with Crippen molar-refractivity contribution in [3.63, 3.8) is 0 Å². The standard InChI is InChI=1S/C27H31N7O3/c1-17-21(19-14-30-32(16-19)20-7-10-36-11-8-20)13-24-29-15-23(34(24)31-17)22-12-18-6-5-9-28-25(18)33(22)26(35)37-27(2,3)4/h5-6,9,13-16,20,22H,7-8,10-12H2,1-4H3. The molecule has 0 N–H and O–H groups in total. The van der Waals surface area contributed by atoms with E-state index in [0.717, 1.165) is 54.1 Å². The molecule has 0 saturated carbocycles. The number of imidazole rings is 1. The SMILES string of the molecule is Cc1nn2c(C3Cc4cccnc4N3C(=O)OC(C)(C)C)cnc2cc1-c1cnn(C2CCOCC2)c1. The summed E-state index contributed by atoms with van der Waals surface area (Å²) < 4.78 is 15.1. The molecule has 1 saturated heterocycles. The number of carbonyl (C=O) groups is 1. The van der Waals surface area contributed by atoms with E-state index in [1.165, 1.54) is 0 Å². The number of nitrogens with zero attached hydrogens (tertiary/aromatic N) is 7. The maximum absolute atomic E-state index is 13.3. The minimum absolute atomic E-state index is 0.330. The van der Waals surface area contributed by atoms with E-state index >= 15 is 0 Å². The first-order valence-electron chi connectivity index (χ1n) is 12.7. The molecule has 10 nitrogen and oxygen atoms in total. The molecule has 0 aliphatic carbocycles. The molecule has 192 valence electrons. The van der Waals surface area contributed by atoms with E-state index in [1.54, 1.807) is 17.3 Å². The Balaban J connectivity index is 1.35. The number of anilines is 1. The van der Waals surface area contributed by atoms with Crippen molar-refractivity contribution in [1.82, 2.24) is 29.4 Å². The molecule has 1 amide bonds. The molecule has 0 aromatic carbocycles. The fourth-order valence-corrected chi connectivity index (χ4v) is 5.18. The molecular weight excluding hydrogens is 470 g/mol. The molecule has 10 heteroatoms. The van der Waals surface area contributed by atoms with Gasteiger partial charge in [0, 0.05) is 43.2 Å². The zero-order valence-corrected chi connectivity index (χ0v) is 21.6. The van der Waals surface area contributed by atoms with E-state index in [9.17, 15) is 4.79 Å². The van der Waals surface area contributed by atoms with Crippen LogP contribution in [0.4, 0.5) is 10.6 Å². The highest BCUT2D eigenvalue weighted by Gasteiger charge is 2.40. The van der Waals surface area contributed by atoms with Crippen LogP contribution in [0.3, 0.4) is 0 Å². The Morgan fingerprint density at radius 2 is 1.97 bits per heavy atom. The van der Waals surface area contributed by atoms with Crippen LogP contribution in [0.15, 0.2) is 43.0 Å². The van der Waals surface area contributed by atoms with Gasteiger partial charge in [-0.2, -0.15) is 10.2 Å². The molecular formula is C27H31N7O3. The topological polar surface area (TPSA) is 99.7 Å². The summed E-state index contributed by atoms with van der Waals surface area (Å²) in [5.41, 5.74) is 4.74.